The molecule has 0 aromatic carbocycles. The van der Waals surface area contributed by atoms with Crippen LogP contribution in [-0.4, -0.2) is 162 Å². The summed E-state index contributed by atoms with van der Waals surface area (Å²) < 4.78 is 32.6. The van der Waals surface area contributed by atoms with Crippen LogP contribution in [0.15, 0.2) is 0 Å². The summed E-state index contributed by atoms with van der Waals surface area (Å²) >= 11 is 0. The summed E-state index contributed by atoms with van der Waals surface area (Å²) in [5, 5.41) is 15.5. The van der Waals surface area contributed by atoms with E-state index in [-0.39, 0.29) is 58.7 Å². The largest absolute Gasteiger partial charge is 0.444 e. The van der Waals surface area contributed by atoms with Gasteiger partial charge in [0, 0.05) is 49.5 Å². The van der Waals surface area contributed by atoms with Gasteiger partial charge >= 0.3 is 36.6 Å². The number of Topliss-reactive ketones (excluding diaryl/α,β-unsaturated/α-hetero) is 1. The van der Waals surface area contributed by atoms with Gasteiger partial charge in [-0.05, 0) is 137 Å². The Morgan fingerprint density at radius 1 is 0.394 bits per heavy atom. The molecule has 23 heteroatoms. The molecule has 23 nitrogen and oxygen atoms in total. The molecule has 1 saturated carbocycles. The third kappa shape index (κ3) is 19.1. The van der Waals surface area contributed by atoms with Crippen LogP contribution in [0.5, 0.6) is 0 Å². The minimum atomic E-state index is -1.36. The van der Waals surface area contributed by atoms with Gasteiger partial charge in [0.2, 0.25) is 11.8 Å². The molecule has 1 aliphatic carbocycles. The summed E-state index contributed by atoms with van der Waals surface area (Å²) in [4.78, 5) is 125. The number of ether oxygens (including phenoxy) is 6. The number of carbonyl (C=O) groups is 9. The first-order valence-corrected chi connectivity index (χ1v) is 24.0. The van der Waals surface area contributed by atoms with Crippen molar-refractivity contribution in [3.05, 3.63) is 0 Å². The number of hydrogen-bond donors (Lipinski definition) is 6. The SMILES string of the molecule is CC(C)(C)OC(=O)NCC(NC(=O)OC(C)(C)C)C(=O)C1CC23CN(C(=O)C(CNC(=O)OC(C)(C)C)NC(=O)OC(C)(C)C)CC2(C1)CN(C(=O)C(CNC(=O)OC(C)(C)C)NC(=O)OC(C)(C)C)C3. The maximum absolute atomic E-state index is 14.8. The summed E-state index contributed by atoms with van der Waals surface area (Å²) in [6.07, 6.45) is -5.09. The molecule has 3 aliphatic rings. The van der Waals surface area contributed by atoms with E-state index in [0.29, 0.717) is 0 Å². The molecule has 2 saturated heterocycles. The highest BCUT2D eigenvalue weighted by Crippen LogP contribution is 2.64. The lowest BCUT2D eigenvalue weighted by Crippen LogP contribution is -2.57. The van der Waals surface area contributed by atoms with Crippen molar-refractivity contribution in [1.82, 2.24) is 41.7 Å². The Kier molecular flexibility index (Phi) is 18.4. The number of amides is 8. The molecule has 0 radical (unpaired) electrons. The molecule has 0 aromatic heterocycles. The molecule has 3 unspecified atom stereocenters. The summed E-state index contributed by atoms with van der Waals surface area (Å²) in [5.74, 6) is -2.44. The van der Waals surface area contributed by atoms with Crippen LogP contribution in [0.3, 0.4) is 0 Å². The van der Waals surface area contributed by atoms with E-state index < -0.39 is 123 Å². The van der Waals surface area contributed by atoms with Crippen molar-refractivity contribution in [2.45, 2.75) is 189 Å². The van der Waals surface area contributed by atoms with Crippen LogP contribution in [-0.2, 0) is 42.8 Å². The quantitative estimate of drug-likeness (QED) is 0.134. The van der Waals surface area contributed by atoms with E-state index in [1.54, 1.807) is 125 Å². The minimum Gasteiger partial charge on any atom is -0.444 e. The van der Waals surface area contributed by atoms with Gasteiger partial charge in [-0.1, -0.05) is 0 Å². The molecular weight excluding hydrogens is 929 g/mol. The number of rotatable bonds is 13. The zero-order chi connectivity index (χ0) is 54.5. The van der Waals surface area contributed by atoms with Crippen molar-refractivity contribution in [3.8, 4) is 0 Å². The number of nitrogens with one attached hydrogen (secondary N) is 6. The Morgan fingerprint density at radius 2 is 0.620 bits per heavy atom. The number of hydrogen-bond acceptors (Lipinski definition) is 15. The second-order valence-corrected chi connectivity index (χ2v) is 24.7. The van der Waals surface area contributed by atoms with Gasteiger partial charge in [-0.25, -0.2) is 28.8 Å². The van der Waals surface area contributed by atoms with Gasteiger partial charge in [0.25, 0.3) is 0 Å². The fourth-order valence-corrected chi connectivity index (χ4v) is 8.76. The summed E-state index contributed by atoms with van der Waals surface area (Å²) in [6.45, 7) is 28.6. The van der Waals surface area contributed by atoms with Crippen molar-refractivity contribution in [3.63, 3.8) is 0 Å². The van der Waals surface area contributed by atoms with E-state index in [0.717, 1.165) is 0 Å². The van der Waals surface area contributed by atoms with Crippen molar-refractivity contribution in [1.29, 1.82) is 0 Å². The molecule has 3 rings (SSSR count). The lowest BCUT2D eigenvalue weighted by atomic mass is 9.71. The van der Waals surface area contributed by atoms with Crippen LogP contribution in [0.4, 0.5) is 28.8 Å². The van der Waals surface area contributed by atoms with E-state index in [9.17, 15) is 43.2 Å². The number of alkyl carbamates (subject to hydrolysis) is 6. The van der Waals surface area contributed by atoms with Crippen LogP contribution in [0.1, 0.15) is 137 Å². The minimum absolute atomic E-state index is 0.0427. The summed E-state index contributed by atoms with van der Waals surface area (Å²) in [7, 11) is 0. The zero-order valence-corrected chi connectivity index (χ0v) is 45.2. The smallest absolute Gasteiger partial charge is 0.408 e. The van der Waals surface area contributed by atoms with Crippen molar-refractivity contribution in [2.75, 3.05) is 45.8 Å². The number of likely N-dealkylation sites (tertiary alicyclic amines) is 2. The van der Waals surface area contributed by atoms with E-state index in [1.807, 2.05) is 0 Å². The van der Waals surface area contributed by atoms with E-state index in [2.05, 4.69) is 31.9 Å². The first kappa shape index (κ1) is 59.5. The average Bonchev–Trinajstić information content (AvgIpc) is 3.70. The van der Waals surface area contributed by atoms with Crippen molar-refractivity contribution < 1.29 is 71.6 Å². The lowest BCUT2D eigenvalue weighted by Gasteiger charge is -2.33. The molecule has 2 heterocycles. The van der Waals surface area contributed by atoms with Gasteiger partial charge in [0.15, 0.2) is 5.78 Å². The van der Waals surface area contributed by atoms with Gasteiger partial charge in [-0.2, -0.15) is 0 Å². The molecule has 8 amide bonds. The van der Waals surface area contributed by atoms with Crippen LogP contribution in [0.25, 0.3) is 0 Å². The average molecular weight is 1010 g/mol. The van der Waals surface area contributed by atoms with Gasteiger partial charge in [-0.15, -0.1) is 0 Å². The van der Waals surface area contributed by atoms with Crippen LogP contribution >= 0.6 is 0 Å². The fourth-order valence-electron chi connectivity index (χ4n) is 8.76. The topological polar surface area (TPSA) is 288 Å². The van der Waals surface area contributed by atoms with Gasteiger partial charge in [0.1, 0.15) is 51.7 Å². The third-order valence-corrected chi connectivity index (χ3v) is 11.0. The first-order chi connectivity index (χ1) is 32.0. The molecule has 404 valence electrons. The second kappa shape index (κ2) is 21.9. The number of carbonyl (C=O) groups excluding carboxylic acids is 9. The molecule has 0 aromatic rings. The summed E-state index contributed by atoms with van der Waals surface area (Å²) in [6, 6.07) is -4.02. The summed E-state index contributed by atoms with van der Waals surface area (Å²) in [5.41, 5.74) is -7.46. The highest BCUT2D eigenvalue weighted by atomic mass is 16.6. The highest BCUT2D eigenvalue weighted by molar-refractivity contribution is 5.92. The Balaban J connectivity index is 2.08. The van der Waals surface area contributed by atoms with Crippen LogP contribution in [0.2, 0.25) is 0 Å². The monoisotopic (exact) mass is 1010 g/mol. The molecule has 71 heavy (non-hydrogen) atoms. The van der Waals surface area contributed by atoms with E-state index in [1.165, 1.54) is 9.80 Å². The van der Waals surface area contributed by atoms with E-state index in [4.69, 9.17) is 28.4 Å². The maximum Gasteiger partial charge on any atom is 0.408 e. The third-order valence-electron chi connectivity index (χ3n) is 11.0. The molecule has 3 fully saturated rings. The molecular formula is C48H82N8O15. The Bertz CT molecular complexity index is 1760. The molecule has 0 spiro atoms. The van der Waals surface area contributed by atoms with Crippen LogP contribution in [0, 0.1) is 16.7 Å². The second-order valence-electron chi connectivity index (χ2n) is 24.7. The predicted molar refractivity (Wildman–Crippen MR) is 258 cm³/mol. The molecule has 0 bridgehead atoms. The highest BCUT2D eigenvalue weighted by Gasteiger charge is 2.70. The molecule has 6 N–H and O–H groups in total. The van der Waals surface area contributed by atoms with Gasteiger partial charge in [-0.3, -0.25) is 14.4 Å². The first-order valence-electron chi connectivity index (χ1n) is 24.0. The molecule has 2 aliphatic heterocycles. The standard InChI is InChI=1S/C48H82N8O15/c1-41(2,3)66-35(60)49-21-29(52-38(63)69-44(10,11)12)32(57)28-19-47-24-55(33(58)30(53-39(64)70-45(13,14)15)22-50-36(61)67-42(4,5)6)25-48(47,20-28)27-56(26-47)34(59)31(54-40(65)71-46(16,17)18)23-51-37(62)68-43(7,8)9/h28-31H,19-27H2,1-18H3,(H,49,60)(H,50,61)(H,51,62)(H,52,63)(H,53,64)(H,54,65). The number of ketones is 1. The Hall–Kier alpha value is -5.77. The predicted octanol–water partition coefficient (Wildman–Crippen LogP) is 4.88. The van der Waals surface area contributed by atoms with Gasteiger partial charge < -0.3 is 70.1 Å². The Labute approximate surface area is 418 Å². The maximum atomic E-state index is 14.8. The Morgan fingerprint density at radius 3 is 0.873 bits per heavy atom. The number of nitrogens with zero attached hydrogens (tertiary/aromatic N) is 2. The van der Waals surface area contributed by atoms with E-state index >= 15 is 0 Å². The molecule has 3 atom stereocenters. The van der Waals surface area contributed by atoms with Crippen molar-refractivity contribution in [2.24, 2.45) is 16.7 Å². The lowest BCUT2D eigenvalue weighted by molar-refractivity contribution is -0.135. The normalized spacial score (nSPS) is 21.5. The van der Waals surface area contributed by atoms with Gasteiger partial charge in [0.05, 0.1) is 13.1 Å². The fraction of sp³-hybridized carbons (Fsp3) is 0.812. The van der Waals surface area contributed by atoms with Crippen molar-refractivity contribution >= 4 is 54.2 Å². The van der Waals surface area contributed by atoms with Crippen LogP contribution < -0.4 is 31.9 Å². The zero-order valence-electron chi connectivity index (χ0n) is 45.2.